The van der Waals surface area contributed by atoms with E-state index < -0.39 is 6.03 Å². The van der Waals surface area contributed by atoms with Crippen LogP contribution in [-0.2, 0) is 0 Å². The molecule has 0 bridgehead atoms. The van der Waals surface area contributed by atoms with Gasteiger partial charge in [0.2, 0.25) is 0 Å². The van der Waals surface area contributed by atoms with Crippen molar-refractivity contribution in [2.45, 2.75) is 0 Å². The van der Waals surface area contributed by atoms with E-state index in [4.69, 9.17) is 27.8 Å². The minimum atomic E-state index is -0.744. The first-order valence-corrected chi connectivity index (χ1v) is 6.48. The van der Waals surface area contributed by atoms with Gasteiger partial charge in [0.25, 0.3) is 0 Å². The number of nitrogens with one attached hydrogen (secondary N) is 2. The second kappa shape index (κ2) is 6.82. The quantitative estimate of drug-likeness (QED) is 0.624. The topological polar surface area (TPSA) is 118 Å². The second-order valence-corrected chi connectivity index (χ2v) is 4.45. The number of primary amides is 1. The summed E-state index contributed by atoms with van der Waals surface area (Å²) >= 11 is 6.01. The molecule has 0 radical (unpaired) electrons. The smallest absolute Gasteiger partial charge is 0.333 e. The van der Waals surface area contributed by atoms with Crippen LogP contribution < -0.4 is 27.1 Å². The van der Waals surface area contributed by atoms with Crippen molar-refractivity contribution in [1.82, 2.24) is 16.1 Å². The molecule has 1 aromatic rings. The van der Waals surface area contributed by atoms with Crippen molar-refractivity contribution in [1.29, 1.82) is 0 Å². The fourth-order valence-corrected chi connectivity index (χ4v) is 1.83. The highest BCUT2D eigenvalue weighted by Crippen LogP contribution is 2.24. The molecule has 0 saturated carbocycles. The normalized spacial score (nSPS) is 13.4. The van der Waals surface area contributed by atoms with Gasteiger partial charge in [0.1, 0.15) is 12.4 Å². The van der Waals surface area contributed by atoms with E-state index in [-0.39, 0.29) is 0 Å². The van der Waals surface area contributed by atoms with Crippen molar-refractivity contribution in [3.8, 4) is 5.75 Å². The summed E-state index contributed by atoms with van der Waals surface area (Å²) in [6.07, 6.45) is 3.30. The van der Waals surface area contributed by atoms with Crippen molar-refractivity contribution in [3.05, 3.63) is 41.1 Å². The third-order valence-corrected chi connectivity index (χ3v) is 2.69. The van der Waals surface area contributed by atoms with Gasteiger partial charge in [-0.25, -0.2) is 10.2 Å². The lowest BCUT2D eigenvalue weighted by Crippen LogP contribution is -2.49. The lowest BCUT2D eigenvalue weighted by atomic mass is 10.1. The number of carbonyl (C=O) groups is 1. The van der Waals surface area contributed by atoms with Crippen LogP contribution in [0.3, 0.4) is 0 Å². The van der Waals surface area contributed by atoms with Gasteiger partial charge in [-0.1, -0.05) is 11.6 Å². The number of halogens is 1. The van der Waals surface area contributed by atoms with Crippen LogP contribution in [0.1, 0.15) is 5.56 Å². The van der Waals surface area contributed by atoms with Crippen LogP contribution in [0.2, 0.25) is 5.02 Å². The Morgan fingerprint density at radius 3 is 3.05 bits per heavy atom. The average Bonchev–Trinajstić information content (AvgIpc) is 2.45. The summed E-state index contributed by atoms with van der Waals surface area (Å²) in [5, 5.41) is 5.80. The van der Waals surface area contributed by atoms with E-state index in [0.29, 0.717) is 35.2 Å². The van der Waals surface area contributed by atoms with Gasteiger partial charge in [-0.05, 0) is 24.3 Å². The minimum absolute atomic E-state index is 0.368. The number of nitrogens with zero attached hydrogens (tertiary/aromatic N) is 2. The molecule has 21 heavy (non-hydrogen) atoms. The molecular formula is C12H15ClN6O2. The number of carbonyl (C=O) groups excluding carboxylic acids is 1. The largest absolute Gasteiger partial charge is 0.492 e. The van der Waals surface area contributed by atoms with E-state index in [1.807, 2.05) is 0 Å². The van der Waals surface area contributed by atoms with Crippen LogP contribution in [0, 0.1) is 0 Å². The highest BCUT2D eigenvalue weighted by Gasteiger charge is 2.14. The fourth-order valence-electron chi connectivity index (χ4n) is 1.66. The average molecular weight is 311 g/mol. The molecular weight excluding hydrogens is 296 g/mol. The monoisotopic (exact) mass is 310 g/mol. The molecule has 6 N–H and O–H groups in total. The Labute approximate surface area is 126 Å². The van der Waals surface area contributed by atoms with Crippen molar-refractivity contribution in [3.63, 3.8) is 0 Å². The lowest BCUT2D eigenvalue weighted by molar-refractivity contribution is 0.153. The third kappa shape index (κ3) is 4.01. The van der Waals surface area contributed by atoms with E-state index in [2.05, 4.69) is 16.0 Å². The molecule has 112 valence electrons. The Bertz CT molecular complexity index is 589. The summed E-state index contributed by atoms with van der Waals surface area (Å²) in [5.41, 5.74) is 16.7. The van der Waals surface area contributed by atoms with Crippen LogP contribution in [-0.4, -0.2) is 30.1 Å². The predicted molar refractivity (Wildman–Crippen MR) is 79.4 cm³/mol. The van der Waals surface area contributed by atoms with Gasteiger partial charge < -0.3 is 16.2 Å². The highest BCUT2D eigenvalue weighted by atomic mass is 35.5. The Hall–Kier alpha value is -2.45. The van der Waals surface area contributed by atoms with E-state index in [9.17, 15) is 4.79 Å². The van der Waals surface area contributed by atoms with E-state index in [1.165, 1.54) is 0 Å². The third-order valence-electron chi connectivity index (χ3n) is 2.45. The molecule has 0 fully saturated rings. The lowest BCUT2D eigenvalue weighted by Gasteiger charge is -2.22. The Morgan fingerprint density at radius 1 is 1.52 bits per heavy atom. The maximum absolute atomic E-state index is 10.8. The van der Waals surface area contributed by atoms with Crippen LogP contribution in [0.15, 0.2) is 35.6 Å². The molecule has 0 spiro atoms. The number of allylic oxidation sites excluding steroid dienone is 1. The van der Waals surface area contributed by atoms with Gasteiger partial charge in [-0.15, -0.1) is 10.3 Å². The molecule has 0 aromatic heterocycles. The summed E-state index contributed by atoms with van der Waals surface area (Å²) in [4.78, 5) is 10.8. The highest BCUT2D eigenvalue weighted by molar-refractivity contribution is 6.31. The minimum Gasteiger partial charge on any atom is -0.492 e. The molecule has 0 saturated heterocycles. The zero-order valence-electron chi connectivity index (χ0n) is 11.0. The molecule has 0 atom stereocenters. The van der Waals surface area contributed by atoms with Crippen LogP contribution >= 0.6 is 11.6 Å². The molecule has 1 heterocycles. The number of hydrazone groups is 1. The number of hydrogen-bond acceptors (Lipinski definition) is 6. The predicted octanol–water partition coefficient (Wildman–Crippen LogP) is 0.299. The number of ether oxygens (including phenoxy) is 1. The van der Waals surface area contributed by atoms with Gasteiger partial charge >= 0.3 is 6.03 Å². The van der Waals surface area contributed by atoms with Crippen molar-refractivity contribution in [2.24, 2.45) is 16.6 Å². The molecule has 1 aliphatic heterocycles. The number of benzene rings is 1. The van der Waals surface area contributed by atoms with Crippen LogP contribution in [0.25, 0.3) is 0 Å². The number of hydrogen-bond donors (Lipinski definition) is 4. The number of rotatable bonds is 5. The van der Waals surface area contributed by atoms with Crippen molar-refractivity contribution in [2.75, 3.05) is 13.2 Å². The van der Waals surface area contributed by atoms with Gasteiger partial charge in [-0.2, -0.15) is 0 Å². The van der Waals surface area contributed by atoms with Gasteiger partial charge in [-0.3, -0.25) is 5.43 Å². The number of nitrogens with two attached hydrogens (primary N) is 2. The molecule has 0 aliphatic carbocycles. The Kier molecular flexibility index (Phi) is 4.85. The van der Waals surface area contributed by atoms with Crippen LogP contribution in [0.4, 0.5) is 4.79 Å². The molecule has 0 unspecified atom stereocenters. The van der Waals surface area contributed by atoms with Crippen molar-refractivity contribution >= 4 is 23.3 Å². The Morgan fingerprint density at radius 2 is 2.33 bits per heavy atom. The first kappa shape index (κ1) is 14.9. The summed E-state index contributed by atoms with van der Waals surface area (Å²) in [6, 6.07) is 4.41. The zero-order chi connectivity index (χ0) is 15.2. The maximum atomic E-state index is 10.8. The molecule has 1 aromatic carbocycles. The summed E-state index contributed by atoms with van der Waals surface area (Å²) in [5.74, 6) is 0.592. The fraction of sp³-hybridized carbons (Fsp3) is 0.167. The second-order valence-electron chi connectivity index (χ2n) is 4.01. The van der Waals surface area contributed by atoms with Crippen LogP contribution in [0.5, 0.6) is 5.75 Å². The van der Waals surface area contributed by atoms with E-state index >= 15 is 0 Å². The first-order valence-electron chi connectivity index (χ1n) is 6.10. The molecule has 2 rings (SSSR count). The van der Waals surface area contributed by atoms with Crippen molar-refractivity contribution < 1.29 is 9.53 Å². The summed E-state index contributed by atoms with van der Waals surface area (Å²) in [7, 11) is 0. The Balaban J connectivity index is 2.30. The number of amides is 2. The maximum Gasteiger partial charge on any atom is 0.333 e. The molecule has 8 nitrogen and oxygen atoms in total. The van der Waals surface area contributed by atoms with E-state index in [0.717, 1.165) is 5.23 Å². The van der Waals surface area contributed by atoms with Gasteiger partial charge in [0.15, 0.2) is 0 Å². The zero-order valence-corrected chi connectivity index (χ0v) is 11.8. The summed E-state index contributed by atoms with van der Waals surface area (Å²) in [6.45, 7) is 0.758. The number of urea groups is 1. The summed E-state index contributed by atoms with van der Waals surface area (Å²) < 4.78 is 5.56. The first-order chi connectivity index (χ1) is 10.1. The molecule has 2 amide bonds. The molecule has 9 heteroatoms. The molecule has 1 aliphatic rings. The standard InChI is InChI=1S/C12H15ClN6O2/c13-8-1-2-11(21-6-4-14)9(7-8)10-3-5-16-19(17-10)18-12(15)20/h1-3,5,7,16H,4,6,14H2,(H3,15,18,20). The SMILES string of the molecule is NCCOc1ccc(Cl)cc1C1=NN(NC(N)=O)NC=C1. The van der Waals surface area contributed by atoms with Gasteiger partial charge in [0, 0.05) is 23.3 Å². The number of hydrazine groups is 2. The van der Waals surface area contributed by atoms with E-state index in [1.54, 1.807) is 30.5 Å². The van der Waals surface area contributed by atoms with Gasteiger partial charge in [0.05, 0.1) is 5.71 Å².